The van der Waals surface area contributed by atoms with Gasteiger partial charge in [-0.1, -0.05) is 45.4 Å². The molecule has 19 heavy (non-hydrogen) atoms. The van der Waals surface area contributed by atoms with Crippen molar-refractivity contribution in [1.29, 1.82) is 0 Å². The van der Waals surface area contributed by atoms with Gasteiger partial charge in [0, 0.05) is 0 Å². The highest BCUT2D eigenvalue weighted by molar-refractivity contribution is 4.83. The molecule has 4 heteroatoms. The quantitative estimate of drug-likeness (QED) is 0.460. The third kappa shape index (κ3) is 5.78. The molecule has 0 aromatic heterocycles. The van der Waals surface area contributed by atoms with Crippen molar-refractivity contribution < 1.29 is 20.6 Å². The van der Waals surface area contributed by atoms with Gasteiger partial charge >= 0.3 is 0 Å². The van der Waals surface area contributed by atoms with E-state index in [-0.39, 0.29) is 18.6 Å². The second kappa shape index (κ2) is 9.70. The van der Waals surface area contributed by atoms with Crippen molar-refractivity contribution in [2.75, 3.05) is 13.2 Å². The van der Waals surface area contributed by atoms with Gasteiger partial charge in [0.2, 0.25) is 0 Å². The normalized spacial score (nSPS) is 31.6. The Morgan fingerprint density at radius 2 is 1.63 bits per heavy atom. The van der Waals surface area contributed by atoms with Crippen LogP contribution in [0.15, 0.2) is 0 Å². The van der Waals surface area contributed by atoms with Crippen LogP contribution in [0, 0.1) is 5.92 Å². The molecule has 114 valence electrons. The number of nitrogens with two attached hydrogens (primary N) is 1. The maximum atomic E-state index is 9.88. The van der Waals surface area contributed by atoms with Crippen LogP contribution < -0.4 is 5.32 Å². The van der Waals surface area contributed by atoms with Crippen LogP contribution in [-0.4, -0.2) is 46.7 Å². The second-order valence-electron chi connectivity index (χ2n) is 5.95. The van der Waals surface area contributed by atoms with Gasteiger partial charge in [-0.2, -0.15) is 0 Å². The average Bonchev–Trinajstić information content (AvgIpc) is 2.42. The molecular weight excluding hydrogens is 242 g/mol. The molecule has 1 rings (SSSR count). The maximum Gasteiger partial charge on any atom is 0.129 e. The Bertz CT molecular complexity index is 225. The van der Waals surface area contributed by atoms with Gasteiger partial charge in [0.25, 0.3) is 0 Å². The number of aliphatic hydroxyl groups is 3. The topological polar surface area (TPSA) is 77.3 Å². The van der Waals surface area contributed by atoms with Gasteiger partial charge in [0.15, 0.2) is 0 Å². The minimum absolute atomic E-state index is 0.0319. The van der Waals surface area contributed by atoms with E-state index in [1.54, 1.807) is 0 Å². The summed E-state index contributed by atoms with van der Waals surface area (Å²) in [5, 5.41) is 30.9. The van der Waals surface area contributed by atoms with Gasteiger partial charge in [0.1, 0.15) is 12.6 Å². The van der Waals surface area contributed by atoms with Crippen LogP contribution in [0.2, 0.25) is 0 Å². The molecule has 4 atom stereocenters. The number of hydrogen-bond acceptors (Lipinski definition) is 3. The first-order valence-corrected chi connectivity index (χ1v) is 8.01. The van der Waals surface area contributed by atoms with Crippen molar-refractivity contribution in [1.82, 2.24) is 0 Å². The van der Waals surface area contributed by atoms with E-state index in [0.717, 1.165) is 12.8 Å². The molecular formula is C15H32NO3+. The highest BCUT2D eigenvalue weighted by Crippen LogP contribution is 2.18. The van der Waals surface area contributed by atoms with Crippen LogP contribution in [0.1, 0.15) is 58.3 Å². The second-order valence-corrected chi connectivity index (χ2v) is 5.95. The molecule has 0 radical (unpaired) electrons. The standard InChI is InChI=1S/C15H31NO3/c1-2-3-4-5-6-7-8-9-13-12(11-17)15(19)14(18)10-16-13/h12-19H,2-11H2,1H3/p+1. The minimum Gasteiger partial charge on any atom is -0.396 e. The van der Waals surface area contributed by atoms with Crippen LogP contribution in [0.25, 0.3) is 0 Å². The van der Waals surface area contributed by atoms with E-state index in [1.165, 1.54) is 38.5 Å². The molecule has 0 amide bonds. The summed E-state index contributed by atoms with van der Waals surface area (Å²) in [7, 11) is 0. The molecule has 0 aliphatic carbocycles. The predicted molar refractivity (Wildman–Crippen MR) is 75.8 cm³/mol. The summed E-state index contributed by atoms with van der Waals surface area (Å²) >= 11 is 0. The number of unbranched alkanes of at least 4 members (excludes halogenated alkanes) is 6. The van der Waals surface area contributed by atoms with Gasteiger partial charge in [-0.3, -0.25) is 0 Å². The zero-order chi connectivity index (χ0) is 14.1. The van der Waals surface area contributed by atoms with E-state index < -0.39 is 12.2 Å². The molecule has 0 saturated carbocycles. The van der Waals surface area contributed by atoms with Gasteiger partial charge in [0.05, 0.1) is 24.7 Å². The lowest BCUT2D eigenvalue weighted by atomic mass is 9.84. The summed E-state index contributed by atoms with van der Waals surface area (Å²) in [6, 6.07) is 0.263. The molecule has 1 heterocycles. The lowest BCUT2D eigenvalue weighted by molar-refractivity contribution is -0.716. The Kier molecular flexibility index (Phi) is 8.62. The van der Waals surface area contributed by atoms with Gasteiger partial charge < -0.3 is 20.6 Å². The van der Waals surface area contributed by atoms with E-state index in [1.807, 2.05) is 0 Å². The monoisotopic (exact) mass is 274 g/mol. The molecule has 0 spiro atoms. The highest BCUT2D eigenvalue weighted by atomic mass is 16.3. The van der Waals surface area contributed by atoms with Crippen molar-refractivity contribution in [2.45, 2.75) is 76.5 Å². The van der Waals surface area contributed by atoms with Crippen molar-refractivity contribution in [3.63, 3.8) is 0 Å². The SMILES string of the molecule is CCCCCCCCCC1[NH2+]CC(O)C(O)C1CO. The van der Waals surface area contributed by atoms with Gasteiger partial charge in [-0.25, -0.2) is 0 Å². The Balaban J connectivity index is 2.14. The minimum atomic E-state index is -0.760. The van der Waals surface area contributed by atoms with Gasteiger partial charge in [-0.15, -0.1) is 0 Å². The van der Waals surface area contributed by atoms with E-state index in [9.17, 15) is 15.3 Å². The largest absolute Gasteiger partial charge is 0.396 e. The molecule has 4 unspecified atom stereocenters. The molecule has 5 N–H and O–H groups in total. The Hall–Kier alpha value is -0.160. The van der Waals surface area contributed by atoms with Crippen molar-refractivity contribution in [2.24, 2.45) is 5.92 Å². The summed E-state index contributed by atoms with van der Waals surface area (Å²) in [5.74, 6) is -0.177. The summed E-state index contributed by atoms with van der Waals surface area (Å²) in [5.41, 5.74) is 0. The number of quaternary nitrogens is 1. The van der Waals surface area contributed by atoms with E-state index in [2.05, 4.69) is 12.2 Å². The van der Waals surface area contributed by atoms with Crippen molar-refractivity contribution in [3.05, 3.63) is 0 Å². The Morgan fingerprint density at radius 1 is 1.00 bits per heavy atom. The number of hydrogen-bond donors (Lipinski definition) is 4. The molecule has 0 aromatic rings. The fraction of sp³-hybridized carbons (Fsp3) is 1.00. The molecule has 1 fully saturated rings. The van der Waals surface area contributed by atoms with Crippen molar-refractivity contribution in [3.8, 4) is 0 Å². The molecule has 0 bridgehead atoms. The Morgan fingerprint density at radius 3 is 2.26 bits per heavy atom. The fourth-order valence-corrected chi connectivity index (χ4v) is 3.08. The fourth-order valence-electron chi connectivity index (χ4n) is 3.08. The van der Waals surface area contributed by atoms with Crippen LogP contribution in [0.3, 0.4) is 0 Å². The highest BCUT2D eigenvalue weighted by Gasteiger charge is 2.39. The lowest BCUT2D eigenvalue weighted by Crippen LogP contribution is -2.97. The molecule has 1 aliphatic rings. The van der Waals surface area contributed by atoms with Gasteiger partial charge in [-0.05, 0) is 12.8 Å². The number of rotatable bonds is 9. The first-order valence-electron chi connectivity index (χ1n) is 8.01. The summed E-state index contributed by atoms with van der Waals surface area (Å²) in [6.07, 6.45) is 8.57. The molecule has 4 nitrogen and oxygen atoms in total. The third-order valence-electron chi connectivity index (χ3n) is 4.41. The van der Waals surface area contributed by atoms with E-state index in [4.69, 9.17) is 0 Å². The smallest absolute Gasteiger partial charge is 0.129 e. The van der Waals surface area contributed by atoms with Crippen LogP contribution in [0.5, 0.6) is 0 Å². The van der Waals surface area contributed by atoms with Crippen LogP contribution >= 0.6 is 0 Å². The lowest BCUT2D eigenvalue weighted by Gasteiger charge is -2.35. The molecule has 0 aromatic carbocycles. The number of piperidine rings is 1. The number of aliphatic hydroxyl groups excluding tert-OH is 3. The zero-order valence-electron chi connectivity index (χ0n) is 12.3. The molecule has 1 aliphatic heterocycles. The third-order valence-corrected chi connectivity index (χ3v) is 4.41. The first kappa shape index (κ1) is 16.9. The van der Waals surface area contributed by atoms with E-state index >= 15 is 0 Å². The first-order chi connectivity index (χ1) is 9.20. The summed E-state index contributed by atoms with van der Waals surface area (Å²) in [6.45, 7) is 2.75. The molecule has 1 saturated heterocycles. The average molecular weight is 274 g/mol. The van der Waals surface area contributed by atoms with Crippen molar-refractivity contribution >= 4 is 0 Å². The summed E-state index contributed by atoms with van der Waals surface area (Å²) < 4.78 is 0. The zero-order valence-corrected chi connectivity index (χ0v) is 12.3. The summed E-state index contributed by atoms with van der Waals surface area (Å²) in [4.78, 5) is 0. The Labute approximate surface area is 117 Å². The maximum absolute atomic E-state index is 9.88. The predicted octanol–water partition coefficient (Wildman–Crippen LogP) is 0.403. The van der Waals surface area contributed by atoms with Crippen LogP contribution in [-0.2, 0) is 0 Å². The van der Waals surface area contributed by atoms with Crippen LogP contribution in [0.4, 0.5) is 0 Å². The van der Waals surface area contributed by atoms with E-state index in [0.29, 0.717) is 6.54 Å².